The SMILES string of the molecule is Nc1ncccc1C(=O)Nc1cc(Cl)cc(Cl)c1. The Kier molecular flexibility index (Phi) is 3.69. The zero-order valence-electron chi connectivity index (χ0n) is 9.15. The van der Waals surface area contributed by atoms with Crippen LogP contribution < -0.4 is 11.1 Å². The standard InChI is InChI=1S/C12H9Cl2N3O/c13-7-4-8(14)6-9(5-7)17-12(18)10-2-1-3-16-11(10)15/h1-6H,(H2,15,16)(H,17,18). The number of nitrogens with one attached hydrogen (secondary N) is 1. The molecule has 1 aromatic heterocycles. The van der Waals surface area contributed by atoms with E-state index in [-0.39, 0.29) is 11.7 Å². The number of halogens is 2. The van der Waals surface area contributed by atoms with Crippen molar-refractivity contribution in [1.29, 1.82) is 0 Å². The molecule has 1 heterocycles. The van der Waals surface area contributed by atoms with Crippen LogP contribution in [0.4, 0.5) is 11.5 Å². The second-order valence-corrected chi connectivity index (χ2v) is 4.42. The maximum absolute atomic E-state index is 11.9. The fourth-order valence-electron chi connectivity index (χ4n) is 1.43. The topological polar surface area (TPSA) is 68.0 Å². The average Bonchev–Trinajstić information content (AvgIpc) is 2.27. The minimum atomic E-state index is -0.362. The van der Waals surface area contributed by atoms with E-state index in [9.17, 15) is 4.79 Å². The third-order valence-electron chi connectivity index (χ3n) is 2.20. The number of nitrogen functional groups attached to an aromatic ring is 1. The molecule has 0 saturated carbocycles. The minimum absolute atomic E-state index is 0.170. The fourth-order valence-corrected chi connectivity index (χ4v) is 1.96. The van der Waals surface area contributed by atoms with Gasteiger partial charge in [-0.3, -0.25) is 4.79 Å². The summed E-state index contributed by atoms with van der Waals surface area (Å²) in [5, 5.41) is 3.54. The van der Waals surface area contributed by atoms with Gasteiger partial charge >= 0.3 is 0 Å². The predicted molar refractivity (Wildman–Crippen MR) is 73.1 cm³/mol. The fraction of sp³-hybridized carbons (Fsp3) is 0. The molecular formula is C12H9Cl2N3O. The largest absolute Gasteiger partial charge is 0.383 e. The zero-order chi connectivity index (χ0) is 13.1. The first kappa shape index (κ1) is 12.7. The lowest BCUT2D eigenvalue weighted by molar-refractivity contribution is 0.102. The van der Waals surface area contributed by atoms with Crippen LogP contribution in [-0.4, -0.2) is 10.9 Å². The van der Waals surface area contributed by atoms with Gasteiger partial charge in [0, 0.05) is 21.9 Å². The van der Waals surface area contributed by atoms with Crippen molar-refractivity contribution in [3.05, 3.63) is 52.1 Å². The summed E-state index contributed by atoms with van der Waals surface area (Å²) in [5.41, 5.74) is 6.41. The maximum Gasteiger partial charge on any atom is 0.259 e. The van der Waals surface area contributed by atoms with Gasteiger partial charge in [-0.05, 0) is 30.3 Å². The first-order valence-electron chi connectivity index (χ1n) is 5.04. The Balaban J connectivity index is 2.24. The number of nitrogens with two attached hydrogens (primary N) is 1. The van der Waals surface area contributed by atoms with Crippen LogP contribution in [0.5, 0.6) is 0 Å². The highest BCUT2D eigenvalue weighted by Gasteiger charge is 2.10. The summed E-state index contributed by atoms with van der Waals surface area (Å²) in [7, 11) is 0. The van der Waals surface area contributed by atoms with Crippen molar-refractivity contribution in [1.82, 2.24) is 4.98 Å². The van der Waals surface area contributed by atoms with E-state index in [0.29, 0.717) is 21.3 Å². The molecule has 2 aromatic rings. The summed E-state index contributed by atoms with van der Waals surface area (Å²) >= 11 is 11.7. The number of hydrogen-bond acceptors (Lipinski definition) is 3. The van der Waals surface area contributed by atoms with Crippen LogP contribution in [0.3, 0.4) is 0 Å². The molecule has 0 spiro atoms. The molecule has 0 radical (unpaired) electrons. The molecular weight excluding hydrogens is 273 g/mol. The number of pyridine rings is 1. The van der Waals surface area contributed by atoms with Crippen LogP contribution in [0.25, 0.3) is 0 Å². The number of nitrogens with zero attached hydrogens (tertiary/aromatic N) is 1. The molecule has 1 aromatic carbocycles. The van der Waals surface area contributed by atoms with Crippen LogP contribution in [0.1, 0.15) is 10.4 Å². The maximum atomic E-state index is 11.9. The molecule has 0 saturated heterocycles. The lowest BCUT2D eigenvalue weighted by Crippen LogP contribution is -2.14. The molecule has 92 valence electrons. The second kappa shape index (κ2) is 5.25. The number of rotatable bonds is 2. The molecule has 0 unspecified atom stereocenters. The molecule has 18 heavy (non-hydrogen) atoms. The van der Waals surface area contributed by atoms with Crippen molar-refractivity contribution in [2.24, 2.45) is 0 Å². The van der Waals surface area contributed by atoms with E-state index in [1.165, 1.54) is 6.20 Å². The van der Waals surface area contributed by atoms with E-state index in [4.69, 9.17) is 28.9 Å². The monoisotopic (exact) mass is 281 g/mol. The van der Waals surface area contributed by atoms with E-state index in [1.807, 2.05) is 0 Å². The zero-order valence-corrected chi connectivity index (χ0v) is 10.7. The van der Waals surface area contributed by atoms with Gasteiger partial charge in [0.15, 0.2) is 0 Å². The van der Waals surface area contributed by atoms with E-state index in [2.05, 4.69) is 10.3 Å². The van der Waals surface area contributed by atoms with Crippen molar-refractivity contribution in [3.63, 3.8) is 0 Å². The summed E-state index contributed by atoms with van der Waals surface area (Å²) in [5.74, 6) is -0.193. The molecule has 0 atom stereocenters. The Morgan fingerprint density at radius 2 is 1.89 bits per heavy atom. The van der Waals surface area contributed by atoms with Crippen LogP contribution in [0.2, 0.25) is 10.0 Å². The summed E-state index contributed by atoms with van der Waals surface area (Å²) < 4.78 is 0. The average molecular weight is 282 g/mol. The van der Waals surface area contributed by atoms with Gasteiger partial charge in [-0.15, -0.1) is 0 Å². The highest BCUT2D eigenvalue weighted by molar-refractivity contribution is 6.35. The van der Waals surface area contributed by atoms with Gasteiger partial charge in [0.25, 0.3) is 5.91 Å². The highest BCUT2D eigenvalue weighted by Crippen LogP contribution is 2.23. The van der Waals surface area contributed by atoms with Gasteiger partial charge in [-0.25, -0.2) is 4.98 Å². The van der Waals surface area contributed by atoms with Gasteiger partial charge < -0.3 is 11.1 Å². The molecule has 0 bridgehead atoms. The lowest BCUT2D eigenvalue weighted by Gasteiger charge is -2.07. The number of hydrogen-bond donors (Lipinski definition) is 2. The van der Waals surface area contributed by atoms with E-state index in [0.717, 1.165) is 0 Å². The molecule has 2 rings (SSSR count). The Hall–Kier alpha value is -1.78. The molecule has 3 N–H and O–H groups in total. The van der Waals surface area contributed by atoms with Crippen molar-refractivity contribution in [2.45, 2.75) is 0 Å². The molecule has 0 aliphatic rings. The number of carbonyl (C=O) groups is 1. The summed E-state index contributed by atoms with van der Waals surface area (Å²) in [6.45, 7) is 0. The van der Waals surface area contributed by atoms with E-state index in [1.54, 1.807) is 30.3 Å². The van der Waals surface area contributed by atoms with Crippen LogP contribution in [0.15, 0.2) is 36.5 Å². The first-order valence-corrected chi connectivity index (χ1v) is 5.80. The smallest absolute Gasteiger partial charge is 0.259 e. The number of anilines is 2. The number of carbonyl (C=O) groups excluding carboxylic acids is 1. The Labute approximate surface area is 114 Å². The Morgan fingerprint density at radius 1 is 1.22 bits per heavy atom. The Morgan fingerprint density at radius 3 is 2.50 bits per heavy atom. The van der Waals surface area contributed by atoms with Gasteiger partial charge in [0.1, 0.15) is 5.82 Å². The third kappa shape index (κ3) is 2.91. The van der Waals surface area contributed by atoms with Crippen LogP contribution in [-0.2, 0) is 0 Å². The molecule has 0 aliphatic heterocycles. The van der Waals surface area contributed by atoms with Crippen molar-refractivity contribution in [2.75, 3.05) is 11.1 Å². The van der Waals surface area contributed by atoms with E-state index < -0.39 is 0 Å². The first-order chi connectivity index (χ1) is 8.56. The lowest BCUT2D eigenvalue weighted by atomic mass is 10.2. The summed E-state index contributed by atoms with van der Waals surface area (Å²) in [4.78, 5) is 15.8. The predicted octanol–water partition coefficient (Wildman–Crippen LogP) is 3.22. The highest BCUT2D eigenvalue weighted by atomic mass is 35.5. The van der Waals surface area contributed by atoms with Crippen molar-refractivity contribution in [3.8, 4) is 0 Å². The number of amides is 1. The number of aromatic nitrogens is 1. The molecule has 0 fully saturated rings. The summed E-state index contributed by atoms with van der Waals surface area (Å²) in [6.07, 6.45) is 1.52. The number of benzene rings is 1. The van der Waals surface area contributed by atoms with Crippen LogP contribution >= 0.6 is 23.2 Å². The quantitative estimate of drug-likeness (QED) is 0.888. The van der Waals surface area contributed by atoms with E-state index >= 15 is 0 Å². The Bertz CT molecular complexity index is 581. The van der Waals surface area contributed by atoms with Crippen molar-refractivity contribution < 1.29 is 4.79 Å². The normalized spacial score (nSPS) is 10.1. The van der Waals surface area contributed by atoms with Gasteiger partial charge in [0.05, 0.1) is 5.56 Å². The molecule has 6 heteroatoms. The third-order valence-corrected chi connectivity index (χ3v) is 2.64. The van der Waals surface area contributed by atoms with Gasteiger partial charge in [0.2, 0.25) is 0 Å². The van der Waals surface area contributed by atoms with Gasteiger partial charge in [-0.1, -0.05) is 23.2 Å². The minimum Gasteiger partial charge on any atom is -0.383 e. The van der Waals surface area contributed by atoms with Crippen LogP contribution in [0, 0.1) is 0 Å². The summed E-state index contributed by atoms with van der Waals surface area (Å²) in [6, 6.07) is 7.99. The molecule has 0 aliphatic carbocycles. The van der Waals surface area contributed by atoms with Crippen molar-refractivity contribution >= 4 is 40.6 Å². The molecule has 4 nitrogen and oxygen atoms in total. The molecule has 1 amide bonds. The van der Waals surface area contributed by atoms with Gasteiger partial charge in [-0.2, -0.15) is 0 Å². The second-order valence-electron chi connectivity index (χ2n) is 3.55.